The molecule has 0 amide bonds. The molecule has 0 saturated carbocycles. The number of unbranched alkanes of at least 4 members (excludes halogenated alkanes) is 26. The fourth-order valence-electron chi connectivity index (χ4n) is 5.58. The van der Waals surface area contributed by atoms with E-state index < -0.39 is 18.8 Å². The summed E-state index contributed by atoms with van der Waals surface area (Å²) in [5.41, 5.74) is 0. The summed E-state index contributed by atoms with van der Waals surface area (Å²) in [6, 6.07) is 0. The van der Waals surface area contributed by atoms with Crippen LogP contribution in [0.4, 0.5) is 0 Å². The van der Waals surface area contributed by atoms with Crippen molar-refractivity contribution in [2.75, 3.05) is 0 Å². The second kappa shape index (κ2) is 29.4. The van der Waals surface area contributed by atoms with Gasteiger partial charge in [-0.3, -0.25) is 0 Å². The molecule has 0 aromatic heterocycles. The minimum Gasteiger partial charge on any atom is -0.0654 e. The SMILES string of the molecule is CCCCCCCCCCCCCCC[CH2][Sb+]([CH3])([CH3])[CH2]CCCCCCCCCCCCCCC. The minimum atomic E-state index is -1.56. The van der Waals surface area contributed by atoms with Crippen molar-refractivity contribution >= 4 is 18.8 Å². The average Bonchev–Trinajstić information content (AvgIpc) is 2.84. The molecule has 0 bridgehead atoms. The maximum atomic E-state index is 2.73. The third-order valence-corrected chi connectivity index (χ3v) is 16.9. The zero-order valence-corrected chi connectivity index (χ0v) is 28.2. The van der Waals surface area contributed by atoms with E-state index in [1.54, 1.807) is 21.6 Å². The van der Waals surface area contributed by atoms with Gasteiger partial charge in [-0.25, -0.2) is 0 Å². The van der Waals surface area contributed by atoms with Crippen LogP contribution in [0.1, 0.15) is 194 Å². The Labute approximate surface area is 230 Å². The van der Waals surface area contributed by atoms with Gasteiger partial charge in [0.2, 0.25) is 0 Å². The summed E-state index contributed by atoms with van der Waals surface area (Å²) in [5.74, 6) is 0. The summed E-state index contributed by atoms with van der Waals surface area (Å²) >= 11 is -1.56. The van der Waals surface area contributed by atoms with Gasteiger partial charge in [0.1, 0.15) is 0 Å². The predicted molar refractivity (Wildman–Crippen MR) is 168 cm³/mol. The van der Waals surface area contributed by atoms with Gasteiger partial charge in [-0.15, -0.1) is 0 Å². The summed E-state index contributed by atoms with van der Waals surface area (Å²) in [6.45, 7) is 4.62. The zero-order valence-electron chi connectivity index (χ0n) is 25.7. The van der Waals surface area contributed by atoms with Crippen molar-refractivity contribution in [1.29, 1.82) is 0 Å². The van der Waals surface area contributed by atoms with Crippen molar-refractivity contribution in [3.63, 3.8) is 0 Å². The van der Waals surface area contributed by atoms with E-state index in [0.717, 1.165) is 0 Å². The van der Waals surface area contributed by atoms with Crippen LogP contribution < -0.4 is 0 Å². The fourth-order valence-corrected chi connectivity index (χ4v) is 12.4. The maximum absolute atomic E-state index is 2.73. The Morgan fingerprint density at radius 2 is 0.429 bits per heavy atom. The summed E-state index contributed by atoms with van der Waals surface area (Å²) in [6.07, 6.45) is 41.6. The summed E-state index contributed by atoms with van der Waals surface area (Å²) in [5, 5.41) is 0. The first-order chi connectivity index (χ1) is 17.1. The van der Waals surface area contributed by atoms with Crippen LogP contribution in [0.3, 0.4) is 0 Å². The molecule has 0 nitrogen and oxygen atoms in total. The molecule has 0 aliphatic carbocycles. The smallest absolute Gasteiger partial charge is 0.0654 e. The second-order valence-corrected chi connectivity index (χ2v) is 26.2. The van der Waals surface area contributed by atoms with Gasteiger partial charge < -0.3 is 0 Å². The van der Waals surface area contributed by atoms with E-state index >= 15 is 0 Å². The molecule has 0 aromatic rings. The molecule has 0 unspecified atom stereocenters. The Kier molecular flexibility index (Phi) is 30.1. The summed E-state index contributed by atoms with van der Waals surface area (Å²) < 4.78 is 3.30. The number of hydrogen-bond donors (Lipinski definition) is 0. The molecule has 212 valence electrons. The van der Waals surface area contributed by atoms with Crippen LogP contribution in [0.25, 0.3) is 0 Å². The molecule has 0 aliphatic rings. The topological polar surface area (TPSA) is 0 Å². The molecule has 0 N–H and O–H groups in total. The molecule has 35 heavy (non-hydrogen) atoms. The Hall–Kier alpha value is 0.818. The number of hydrogen-bond acceptors (Lipinski definition) is 0. The van der Waals surface area contributed by atoms with Crippen LogP contribution in [0.2, 0.25) is 18.5 Å². The molecule has 0 atom stereocenters. The standard InChI is InChI=1S/2C16H33.2CH3.Sb/c2*1-3-5-7-9-11-13-15-16-14-12-10-8-6-4-2;;;/h2*1,3-16H2,2H3;2*1H3;/q;;;;+1. The number of rotatable bonds is 30. The van der Waals surface area contributed by atoms with Crippen molar-refractivity contribution < 1.29 is 0 Å². The Morgan fingerprint density at radius 1 is 0.257 bits per heavy atom. The fraction of sp³-hybridized carbons (Fsp3) is 1.00. The molecule has 0 saturated heterocycles. The van der Waals surface area contributed by atoms with Crippen molar-refractivity contribution in [2.45, 2.75) is 212 Å². The van der Waals surface area contributed by atoms with Gasteiger partial charge in [0.15, 0.2) is 0 Å². The second-order valence-electron chi connectivity index (χ2n) is 12.6. The first-order valence-electron chi connectivity index (χ1n) is 16.9. The van der Waals surface area contributed by atoms with Gasteiger partial charge in [0.05, 0.1) is 0 Å². The molecule has 0 heterocycles. The van der Waals surface area contributed by atoms with Gasteiger partial charge in [0.25, 0.3) is 0 Å². The van der Waals surface area contributed by atoms with Crippen LogP contribution in [-0.2, 0) is 0 Å². The van der Waals surface area contributed by atoms with Gasteiger partial charge in [-0.2, -0.15) is 0 Å². The molecule has 0 fully saturated rings. The van der Waals surface area contributed by atoms with E-state index in [1.807, 2.05) is 0 Å². The van der Waals surface area contributed by atoms with Crippen LogP contribution in [0, 0.1) is 0 Å². The van der Waals surface area contributed by atoms with Crippen LogP contribution in [-0.4, -0.2) is 18.8 Å². The third kappa shape index (κ3) is 30.9. The van der Waals surface area contributed by atoms with Crippen molar-refractivity contribution in [3.05, 3.63) is 0 Å². The normalized spacial score (nSPS) is 12.0. The van der Waals surface area contributed by atoms with Gasteiger partial charge in [-0.05, 0) is 0 Å². The van der Waals surface area contributed by atoms with Crippen LogP contribution in [0.5, 0.6) is 0 Å². The van der Waals surface area contributed by atoms with E-state index in [-0.39, 0.29) is 0 Å². The third-order valence-electron chi connectivity index (χ3n) is 8.23. The first-order valence-corrected chi connectivity index (χ1v) is 25.7. The van der Waals surface area contributed by atoms with Gasteiger partial charge in [0, 0.05) is 0 Å². The van der Waals surface area contributed by atoms with Crippen LogP contribution >= 0.6 is 0 Å². The Bertz CT molecular complexity index is 341. The monoisotopic (exact) mass is 601 g/mol. The van der Waals surface area contributed by atoms with E-state index in [2.05, 4.69) is 23.6 Å². The van der Waals surface area contributed by atoms with Gasteiger partial charge in [-0.1, -0.05) is 52.4 Å². The summed E-state index contributed by atoms with van der Waals surface area (Å²) in [7, 11) is 0. The average molecular weight is 603 g/mol. The minimum absolute atomic E-state index is 1.38. The van der Waals surface area contributed by atoms with E-state index in [0.29, 0.717) is 0 Å². The Balaban J connectivity index is 3.28. The quantitative estimate of drug-likeness (QED) is 0.0567. The molecular weight excluding hydrogens is 530 g/mol. The molecule has 0 aliphatic heterocycles. The molecule has 0 radical (unpaired) electrons. The molecular formula is C34H72Sb+. The van der Waals surface area contributed by atoms with E-state index in [1.165, 1.54) is 167 Å². The van der Waals surface area contributed by atoms with Crippen molar-refractivity contribution in [1.82, 2.24) is 0 Å². The first kappa shape index (κ1) is 35.8. The summed E-state index contributed by atoms with van der Waals surface area (Å²) in [4.78, 5) is 5.45. The predicted octanol–water partition coefficient (Wildman–Crippen LogP) is 13.7. The molecule has 0 aromatic carbocycles. The van der Waals surface area contributed by atoms with Crippen molar-refractivity contribution in [3.8, 4) is 0 Å². The molecule has 0 spiro atoms. The zero-order chi connectivity index (χ0) is 25.7. The molecule has 0 rings (SSSR count). The Morgan fingerprint density at radius 3 is 0.629 bits per heavy atom. The van der Waals surface area contributed by atoms with E-state index in [4.69, 9.17) is 0 Å². The van der Waals surface area contributed by atoms with E-state index in [9.17, 15) is 0 Å². The van der Waals surface area contributed by atoms with Crippen molar-refractivity contribution in [2.24, 2.45) is 0 Å². The van der Waals surface area contributed by atoms with Gasteiger partial charge >= 0.3 is 179 Å². The van der Waals surface area contributed by atoms with Crippen LogP contribution in [0.15, 0.2) is 0 Å². The molecule has 1 heteroatoms.